The van der Waals surface area contributed by atoms with Gasteiger partial charge in [0.2, 0.25) is 5.91 Å². The fraction of sp³-hybridized carbons (Fsp3) is 0.378. The second-order valence-electron chi connectivity index (χ2n) is 12.5. The largest absolute Gasteiger partial charge is 0.465 e. The molecular weight excluding hydrogens is 568 g/mol. The number of cyclic esters (lactones) is 1. The highest BCUT2D eigenvalue weighted by Crippen LogP contribution is 2.58. The lowest BCUT2D eigenvalue weighted by Gasteiger charge is -2.41. The number of anilines is 1. The smallest absolute Gasteiger partial charge is 0.313 e. The zero-order valence-corrected chi connectivity index (χ0v) is 25.4. The minimum atomic E-state index is -1.44. The van der Waals surface area contributed by atoms with Crippen molar-refractivity contribution in [2.45, 2.75) is 55.9 Å². The Morgan fingerprint density at radius 1 is 0.911 bits per heavy atom. The molecule has 4 aliphatic rings. The maximum absolute atomic E-state index is 15.0. The van der Waals surface area contributed by atoms with E-state index in [2.05, 4.69) is 0 Å². The lowest BCUT2D eigenvalue weighted by atomic mass is 9.73. The van der Waals surface area contributed by atoms with Gasteiger partial charge in [-0.05, 0) is 54.2 Å². The highest BCUT2D eigenvalue weighted by molar-refractivity contribution is 6.06. The lowest BCUT2D eigenvalue weighted by Crippen LogP contribution is -2.59. The summed E-state index contributed by atoms with van der Waals surface area (Å²) < 4.78 is 12.8. The SMILES string of the molecule is CC[C@]12/C=C\CCCOC(=O)[C@H]1[C@H]1C(=O)N([C@@H](CO)Cc3ccccc3)C3C(=O)N(c4ccc5ccccc5c4)CC=C[C@@]31O2. The molecule has 0 aromatic heterocycles. The van der Waals surface area contributed by atoms with Crippen molar-refractivity contribution in [3.05, 3.63) is 103 Å². The van der Waals surface area contributed by atoms with Crippen molar-refractivity contribution in [1.82, 2.24) is 4.90 Å². The molecule has 1 N–H and O–H groups in total. The fourth-order valence-corrected chi connectivity index (χ4v) is 7.92. The van der Waals surface area contributed by atoms with Crippen LogP contribution < -0.4 is 4.90 Å². The summed E-state index contributed by atoms with van der Waals surface area (Å²) >= 11 is 0. The summed E-state index contributed by atoms with van der Waals surface area (Å²) in [5.74, 6) is -3.12. The molecule has 7 rings (SSSR count). The number of rotatable bonds is 6. The van der Waals surface area contributed by atoms with Crippen molar-refractivity contribution in [1.29, 1.82) is 0 Å². The van der Waals surface area contributed by atoms with Crippen molar-refractivity contribution >= 4 is 34.2 Å². The van der Waals surface area contributed by atoms with Crippen molar-refractivity contribution in [2.24, 2.45) is 11.8 Å². The number of likely N-dealkylation sites (tertiary alicyclic amines) is 1. The predicted molar refractivity (Wildman–Crippen MR) is 170 cm³/mol. The standard InChI is InChI=1S/C37H38N2O6/c1-2-36-18-9-4-10-21-44-35(43)31(36)30-33(41)39(29(24-40)22-25-12-5-3-6-13-25)32-34(42)38(20-11-19-37(30,32)45-36)28-17-16-26-14-7-8-15-27(26)23-28/h3,5-9,11-19,23,29-32,40H,2,4,10,20-22,24H2,1H3/b18-9-/t29-,30+,31-,32?,36+,37+/m1/s1. The molecule has 1 unspecified atom stereocenters. The second kappa shape index (κ2) is 11.6. The topological polar surface area (TPSA) is 96.4 Å². The molecule has 0 saturated carbocycles. The van der Waals surface area contributed by atoms with Crippen LogP contribution >= 0.6 is 0 Å². The normalized spacial score (nSPS) is 30.9. The Balaban J connectivity index is 1.38. The van der Waals surface area contributed by atoms with Crippen LogP contribution in [0, 0.1) is 11.8 Å². The van der Waals surface area contributed by atoms with Gasteiger partial charge in [-0.15, -0.1) is 0 Å². The fourth-order valence-electron chi connectivity index (χ4n) is 7.92. The van der Waals surface area contributed by atoms with Gasteiger partial charge >= 0.3 is 5.97 Å². The summed E-state index contributed by atoms with van der Waals surface area (Å²) in [6.45, 7) is 2.09. The van der Waals surface area contributed by atoms with Crippen LogP contribution in [0.5, 0.6) is 0 Å². The number of amides is 2. The molecule has 8 heteroatoms. The molecule has 6 atom stereocenters. The van der Waals surface area contributed by atoms with E-state index in [4.69, 9.17) is 9.47 Å². The van der Waals surface area contributed by atoms with Crippen LogP contribution in [0.15, 0.2) is 97.1 Å². The van der Waals surface area contributed by atoms with Crippen LogP contribution in [-0.4, -0.2) is 70.8 Å². The highest BCUT2D eigenvalue weighted by Gasteiger charge is 2.76. The molecule has 2 saturated heterocycles. The van der Waals surface area contributed by atoms with Gasteiger partial charge < -0.3 is 24.4 Å². The molecule has 232 valence electrons. The Hall–Kier alpha value is -4.27. The first kappa shape index (κ1) is 29.4. The zero-order chi connectivity index (χ0) is 31.2. The molecule has 0 bridgehead atoms. The van der Waals surface area contributed by atoms with Crippen LogP contribution in [-0.2, 0) is 30.3 Å². The summed E-state index contributed by atoms with van der Waals surface area (Å²) in [7, 11) is 0. The first-order valence-electron chi connectivity index (χ1n) is 15.9. The van der Waals surface area contributed by atoms with Gasteiger partial charge in [0.25, 0.3) is 5.91 Å². The van der Waals surface area contributed by atoms with Gasteiger partial charge in [-0.2, -0.15) is 0 Å². The number of esters is 1. The minimum absolute atomic E-state index is 0.248. The number of hydrogen-bond donors (Lipinski definition) is 1. The number of aliphatic hydroxyl groups is 1. The van der Waals surface area contributed by atoms with E-state index in [0.717, 1.165) is 16.3 Å². The van der Waals surface area contributed by atoms with Crippen molar-refractivity contribution in [3.63, 3.8) is 0 Å². The van der Waals surface area contributed by atoms with Crippen molar-refractivity contribution in [2.75, 3.05) is 24.7 Å². The molecule has 8 nitrogen and oxygen atoms in total. The Morgan fingerprint density at radius 2 is 1.69 bits per heavy atom. The molecule has 1 spiro atoms. The molecule has 3 aromatic rings. The number of ether oxygens (including phenoxy) is 2. The van der Waals surface area contributed by atoms with Gasteiger partial charge in [-0.1, -0.05) is 91.9 Å². The highest BCUT2D eigenvalue weighted by atomic mass is 16.6. The van der Waals surface area contributed by atoms with E-state index in [1.165, 1.54) is 4.90 Å². The van der Waals surface area contributed by atoms with Crippen LogP contribution in [0.3, 0.4) is 0 Å². The molecule has 0 radical (unpaired) electrons. The van der Waals surface area contributed by atoms with Gasteiger partial charge in [0, 0.05) is 12.2 Å². The molecule has 2 amide bonds. The summed E-state index contributed by atoms with van der Waals surface area (Å²) in [4.78, 5) is 46.9. The number of nitrogens with zero attached hydrogens (tertiary/aromatic N) is 2. The van der Waals surface area contributed by atoms with Crippen molar-refractivity contribution < 1.29 is 29.0 Å². The maximum atomic E-state index is 15.0. The van der Waals surface area contributed by atoms with E-state index in [-0.39, 0.29) is 31.6 Å². The molecule has 2 fully saturated rings. The van der Waals surface area contributed by atoms with E-state index in [0.29, 0.717) is 31.4 Å². The van der Waals surface area contributed by atoms with Gasteiger partial charge in [0.05, 0.1) is 25.2 Å². The third kappa shape index (κ3) is 4.70. The number of carbonyl (C=O) groups excluding carboxylic acids is 3. The third-order valence-electron chi connectivity index (χ3n) is 10.0. The van der Waals surface area contributed by atoms with E-state index < -0.39 is 41.1 Å². The molecule has 45 heavy (non-hydrogen) atoms. The third-order valence-corrected chi connectivity index (χ3v) is 10.0. The minimum Gasteiger partial charge on any atom is -0.465 e. The number of benzene rings is 3. The Labute approximate surface area is 262 Å². The van der Waals surface area contributed by atoms with Crippen LogP contribution in [0.2, 0.25) is 0 Å². The first-order valence-corrected chi connectivity index (χ1v) is 15.9. The van der Waals surface area contributed by atoms with Crippen LogP contribution in [0.4, 0.5) is 5.69 Å². The van der Waals surface area contributed by atoms with Gasteiger partial charge in [0.1, 0.15) is 23.2 Å². The number of aliphatic hydroxyl groups excluding tert-OH is 1. The Morgan fingerprint density at radius 3 is 2.47 bits per heavy atom. The first-order chi connectivity index (χ1) is 21.9. The predicted octanol–water partition coefficient (Wildman–Crippen LogP) is 4.60. The molecule has 3 aromatic carbocycles. The zero-order valence-electron chi connectivity index (χ0n) is 25.4. The quantitative estimate of drug-likeness (QED) is 0.326. The molecule has 4 aliphatic heterocycles. The number of allylic oxidation sites excluding steroid dienone is 1. The Kier molecular flexibility index (Phi) is 7.58. The Bertz CT molecular complexity index is 1690. The lowest BCUT2D eigenvalue weighted by molar-refractivity contribution is -0.161. The number of hydrogen-bond acceptors (Lipinski definition) is 6. The molecule has 4 heterocycles. The van der Waals surface area contributed by atoms with E-state index in [1.807, 2.05) is 104 Å². The summed E-state index contributed by atoms with van der Waals surface area (Å²) in [6.07, 6.45) is 9.79. The summed E-state index contributed by atoms with van der Waals surface area (Å²) in [5.41, 5.74) is -0.937. The van der Waals surface area contributed by atoms with Gasteiger partial charge in [-0.3, -0.25) is 14.4 Å². The van der Waals surface area contributed by atoms with Gasteiger partial charge in [-0.25, -0.2) is 0 Å². The van der Waals surface area contributed by atoms with E-state index in [9.17, 15) is 19.5 Å². The van der Waals surface area contributed by atoms with E-state index >= 15 is 0 Å². The number of fused-ring (bicyclic) bond motifs is 3. The monoisotopic (exact) mass is 606 g/mol. The second-order valence-corrected chi connectivity index (χ2v) is 12.5. The van der Waals surface area contributed by atoms with Crippen molar-refractivity contribution in [3.8, 4) is 0 Å². The number of carbonyl (C=O) groups is 3. The maximum Gasteiger partial charge on any atom is 0.313 e. The average molecular weight is 607 g/mol. The summed E-state index contributed by atoms with van der Waals surface area (Å²) in [6, 6.07) is 21.6. The van der Waals surface area contributed by atoms with E-state index in [1.54, 1.807) is 4.90 Å². The average Bonchev–Trinajstić information content (AvgIpc) is 3.45. The summed E-state index contributed by atoms with van der Waals surface area (Å²) in [5, 5.41) is 12.8. The van der Waals surface area contributed by atoms with Crippen LogP contribution in [0.1, 0.15) is 31.7 Å². The molecule has 0 aliphatic carbocycles. The van der Waals surface area contributed by atoms with Crippen LogP contribution in [0.25, 0.3) is 10.8 Å². The molecular formula is C37H38N2O6. The van der Waals surface area contributed by atoms with Gasteiger partial charge in [0.15, 0.2) is 0 Å².